The zero-order chi connectivity index (χ0) is 10.7. The van der Waals surface area contributed by atoms with Crippen LogP contribution in [-0.4, -0.2) is 35.5 Å². The van der Waals surface area contributed by atoms with Crippen molar-refractivity contribution in [2.24, 2.45) is 5.73 Å². The minimum Gasteiger partial charge on any atom is -0.326 e. The van der Waals surface area contributed by atoms with E-state index in [0.29, 0.717) is 13.0 Å². The molecule has 2 unspecified atom stereocenters. The van der Waals surface area contributed by atoms with Crippen LogP contribution in [0.3, 0.4) is 0 Å². The Labute approximate surface area is 83.6 Å². The first-order valence-electron chi connectivity index (χ1n) is 4.97. The lowest BCUT2D eigenvalue weighted by Crippen LogP contribution is -2.41. The molecule has 0 radical (unpaired) electrons. The first-order chi connectivity index (χ1) is 6.60. The van der Waals surface area contributed by atoms with Crippen molar-refractivity contribution in [1.82, 2.24) is 10.2 Å². The maximum Gasteiger partial charge on any atom is 0.324 e. The van der Waals surface area contributed by atoms with Gasteiger partial charge in [-0.25, -0.2) is 4.79 Å². The van der Waals surface area contributed by atoms with Crippen LogP contribution in [0.2, 0.25) is 0 Å². The molecule has 3 amide bonds. The highest BCUT2D eigenvalue weighted by atomic mass is 16.2. The molecule has 2 atom stereocenters. The summed E-state index contributed by atoms with van der Waals surface area (Å²) in [6.07, 6.45) is 1.39. The number of rotatable bonds is 4. The number of carbonyl (C=O) groups is 2. The van der Waals surface area contributed by atoms with Gasteiger partial charge in [-0.2, -0.15) is 0 Å². The van der Waals surface area contributed by atoms with Crippen LogP contribution in [0.4, 0.5) is 4.79 Å². The Morgan fingerprint density at radius 1 is 1.50 bits per heavy atom. The van der Waals surface area contributed by atoms with Gasteiger partial charge in [-0.15, -0.1) is 0 Å². The number of nitrogens with one attached hydrogen (secondary N) is 1. The van der Waals surface area contributed by atoms with Crippen LogP contribution in [0, 0.1) is 0 Å². The van der Waals surface area contributed by atoms with E-state index in [1.807, 2.05) is 13.8 Å². The number of carbonyl (C=O) groups excluding carboxylic acids is 2. The van der Waals surface area contributed by atoms with Crippen LogP contribution >= 0.6 is 0 Å². The molecule has 1 aliphatic rings. The summed E-state index contributed by atoms with van der Waals surface area (Å²) in [6, 6.07) is -0.794. The van der Waals surface area contributed by atoms with Crippen molar-refractivity contribution in [1.29, 1.82) is 0 Å². The van der Waals surface area contributed by atoms with Crippen LogP contribution in [-0.2, 0) is 4.79 Å². The molecule has 14 heavy (non-hydrogen) atoms. The summed E-state index contributed by atoms with van der Waals surface area (Å²) in [5.74, 6) is -0.151. The number of hydrogen-bond donors (Lipinski definition) is 2. The molecule has 1 saturated heterocycles. The third kappa shape index (κ3) is 2.04. The Hall–Kier alpha value is -1.10. The first kappa shape index (κ1) is 11.0. The molecule has 1 fully saturated rings. The Bertz CT molecular complexity index is 242. The van der Waals surface area contributed by atoms with Gasteiger partial charge in [0.05, 0.1) is 0 Å². The number of amides is 3. The largest absolute Gasteiger partial charge is 0.326 e. The second-order valence-corrected chi connectivity index (χ2v) is 3.53. The lowest BCUT2D eigenvalue weighted by Gasteiger charge is -2.16. The standard InChI is InChI=1S/C9H17N3O2/c1-3-6(10)5-12-8(13)7(4-2)11-9(12)14/h6-7H,3-5,10H2,1-2H3,(H,11,14). The molecule has 80 valence electrons. The molecule has 0 bridgehead atoms. The Morgan fingerprint density at radius 3 is 2.57 bits per heavy atom. The minimum atomic E-state index is -0.355. The number of nitrogens with two attached hydrogens (primary N) is 1. The molecule has 0 saturated carbocycles. The molecule has 5 heteroatoms. The summed E-state index contributed by atoms with van der Waals surface area (Å²) < 4.78 is 0. The summed E-state index contributed by atoms with van der Waals surface area (Å²) in [6.45, 7) is 4.12. The molecule has 0 aromatic carbocycles. The average Bonchev–Trinajstić information content (AvgIpc) is 2.44. The van der Waals surface area contributed by atoms with Crippen molar-refractivity contribution in [3.8, 4) is 0 Å². The van der Waals surface area contributed by atoms with Crippen LogP contribution in [0.1, 0.15) is 26.7 Å². The van der Waals surface area contributed by atoms with Crippen molar-refractivity contribution < 1.29 is 9.59 Å². The summed E-state index contributed by atoms with van der Waals surface area (Å²) >= 11 is 0. The average molecular weight is 199 g/mol. The molecule has 0 aliphatic carbocycles. The van der Waals surface area contributed by atoms with Gasteiger partial charge in [-0.3, -0.25) is 9.69 Å². The molecular formula is C9H17N3O2. The quantitative estimate of drug-likeness (QED) is 0.628. The fraction of sp³-hybridized carbons (Fsp3) is 0.778. The topological polar surface area (TPSA) is 75.4 Å². The smallest absolute Gasteiger partial charge is 0.324 e. The summed E-state index contributed by atoms with van der Waals surface area (Å²) in [5.41, 5.74) is 5.69. The lowest BCUT2D eigenvalue weighted by molar-refractivity contribution is -0.127. The third-order valence-electron chi connectivity index (χ3n) is 2.46. The molecule has 1 rings (SSSR count). The number of urea groups is 1. The van der Waals surface area contributed by atoms with Crippen molar-refractivity contribution >= 4 is 11.9 Å². The van der Waals surface area contributed by atoms with Crippen molar-refractivity contribution in [3.63, 3.8) is 0 Å². The monoisotopic (exact) mass is 199 g/mol. The van der Waals surface area contributed by atoms with Crippen LogP contribution < -0.4 is 11.1 Å². The number of nitrogens with zero attached hydrogens (tertiary/aromatic N) is 1. The van der Waals surface area contributed by atoms with Gasteiger partial charge in [-0.1, -0.05) is 13.8 Å². The maximum absolute atomic E-state index is 11.6. The SMILES string of the molecule is CCC(N)CN1C(=O)NC(CC)C1=O. The van der Waals surface area contributed by atoms with Gasteiger partial charge in [0.15, 0.2) is 0 Å². The van der Waals surface area contributed by atoms with Crippen LogP contribution in [0.25, 0.3) is 0 Å². The Morgan fingerprint density at radius 2 is 2.14 bits per heavy atom. The van der Waals surface area contributed by atoms with Gasteiger partial charge in [0.1, 0.15) is 6.04 Å². The Kier molecular flexibility index (Phi) is 3.46. The Balaban J connectivity index is 2.61. The molecule has 0 aromatic heterocycles. The van der Waals surface area contributed by atoms with Gasteiger partial charge < -0.3 is 11.1 Å². The normalized spacial score (nSPS) is 23.9. The predicted octanol–water partition coefficient (Wildman–Crippen LogP) is 0.0541. The molecular weight excluding hydrogens is 182 g/mol. The predicted molar refractivity (Wildman–Crippen MR) is 52.6 cm³/mol. The van der Waals surface area contributed by atoms with Gasteiger partial charge in [-0.05, 0) is 12.8 Å². The van der Waals surface area contributed by atoms with Gasteiger partial charge in [0, 0.05) is 12.6 Å². The fourth-order valence-electron chi connectivity index (χ4n) is 1.39. The highest BCUT2D eigenvalue weighted by molar-refractivity contribution is 6.04. The molecule has 0 spiro atoms. The van der Waals surface area contributed by atoms with E-state index in [1.165, 1.54) is 4.90 Å². The van der Waals surface area contributed by atoms with E-state index in [-0.39, 0.29) is 24.0 Å². The van der Waals surface area contributed by atoms with Gasteiger partial charge >= 0.3 is 6.03 Å². The van der Waals surface area contributed by atoms with E-state index in [9.17, 15) is 9.59 Å². The maximum atomic E-state index is 11.6. The lowest BCUT2D eigenvalue weighted by atomic mass is 10.2. The van der Waals surface area contributed by atoms with Crippen LogP contribution in [0.5, 0.6) is 0 Å². The van der Waals surface area contributed by atoms with Crippen LogP contribution in [0.15, 0.2) is 0 Å². The first-order valence-corrected chi connectivity index (χ1v) is 4.97. The highest BCUT2D eigenvalue weighted by Gasteiger charge is 2.36. The van der Waals surface area contributed by atoms with Crippen molar-refractivity contribution in [2.75, 3.05) is 6.54 Å². The molecule has 1 heterocycles. The van der Waals surface area contributed by atoms with Crippen molar-refractivity contribution in [2.45, 2.75) is 38.8 Å². The summed E-state index contributed by atoms with van der Waals surface area (Å²) in [7, 11) is 0. The van der Waals surface area contributed by atoms with E-state index in [4.69, 9.17) is 5.73 Å². The summed E-state index contributed by atoms with van der Waals surface area (Å²) in [5, 5.41) is 2.61. The van der Waals surface area contributed by atoms with Gasteiger partial charge in [0.25, 0.3) is 5.91 Å². The van der Waals surface area contributed by atoms with E-state index in [1.54, 1.807) is 0 Å². The second kappa shape index (κ2) is 4.41. The molecule has 0 aromatic rings. The van der Waals surface area contributed by atoms with E-state index in [0.717, 1.165) is 6.42 Å². The molecule has 5 nitrogen and oxygen atoms in total. The second-order valence-electron chi connectivity index (χ2n) is 3.53. The zero-order valence-corrected chi connectivity index (χ0v) is 8.62. The fourth-order valence-corrected chi connectivity index (χ4v) is 1.39. The van der Waals surface area contributed by atoms with E-state index >= 15 is 0 Å². The van der Waals surface area contributed by atoms with E-state index in [2.05, 4.69) is 5.32 Å². The minimum absolute atomic E-state index is 0.125. The zero-order valence-electron chi connectivity index (χ0n) is 8.62. The van der Waals surface area contributed by atoms with Crippen molar-refractivity contribution in [3.05, 3.63) is 0 Å². The highest BCUT2D eigenvalue weighted by Crippen LogP contribution is 2.09. The number of imide groups is 1. The number of hydrogen-bond acceptors (Lipinski definition) is 3. The molecule has 1 aliphatic heterocycles. The van der Waals surface area contributed by atoms with Gasteiger partial charge in [0.2, 0.25) is 0 Å². The third-order valence-corrected chi connectivity index (χ3v) is 2.46. The molecule has 3 N–H and O–H groups in total. The van der Waals surface area contributed by atoms with E-state index < -0.39 is 0 Å². The summed E-state index contributed by atoms with van der Waals surface area (Å²) in [4.78, 5) is 24.1.